The molecule has 2 aliphatic heterocycles. The summed E-state index contributed by atoms with van der Waals surface area (Å²) in [4.78, 5) is 34.1. The van der Waals surface area contributed by atoms with Gasteiger partial charge in [-0.15, -0.1) is 0 Å². The third-order valence-corrected chi connectivity index (χ3v) is 7.06. The first-order valence-corrected chi connectivity index (χ1v) is 11.1. The Labute approximate surface area is 160 Å². The van der Waals surface area contributed by atoms with Crippen LogP contribution in [0.4, 0.5) is 5.69 Å². The number of pyridine rings is 1. The number of piperazine rings is 1. The molecule has 2 aliphatic rings. The molecule has 9 heteroatoms. The summed E-state index contributed by atoms with van der Waals surface area (Å²) in [5, 5.41) is 0. The lowest BCUT2D eigenvalue weighted by Gasteiger charge is -2.35. The molecule has 2 amide bonds. The van der Waals surface area contributed by atoms with Crippen LogP contribution in [0.3, 0.4) is 0 Å². The molecule has 0 aromatic carbocycles. The third-order valence-electron chi connectivity index (χ3n) is 5.31. The summed E-state index contributed by atoms with van der Waals surface area (Å²) < 4.78 is 23.4. The highest BCUT2D eigenvalue weighted by atomic mass is 32.2. The monoisotopic (exact) mass is 394 g/mol. The maximum absolute atomic E-state index is 12.8. The zero-order valence-electron chi connectivity index (χ0n) is 15.8. The highest BCUT2D eigenvalue weighted by molar-refractivity contribution is 7.91. The molecular weight excluding hydrogens is 368 g/mol. The van der Waals surface area contributed by atoms with Crippen molar-refractivity contribution in [2.75, 3.05) is 49.1 Å². The molecule has 0 saturated carbocycles. The fourth-order valence-electron chi connectivity index (χ4n) is 3.72. The summed E-state index contributed by atoms with van der Waals surface area (Å²) in [5.41, 5.74) is 1.24. The van der Waals surface area contributed by atoms with Crippen molar-refractivity contribution in [2.24, 2.45) is 0 Å². The van der Waals surface area contributed by atoms with Crippen molar-refractivity contribution in [3.63, 3.8) is 0 Å². The minimum absolute atomic E-state index is 0.0328. The van der Waals surface area contributed by atoms with E-state index < -0.39 is 9.84 Å². The van der Waals surface area contributed by atoms with Gasteiger partial charge in [0.15, 0.2) is 9.84 Å². The van der Waals surface area contributed by atoms with Gasteiger partial charge in [0.1, 0.15) is 5.69 Å². The lowest BCUT2D eigenvalue weighted by molar-refractivity contribution is -0.129. The number of carbonyl (C=O) groups is 2. The number of carbonyl (C=O) groups excluding carboxylic acids is 2. The minimum Gasteiger partial charge on any atom is -0.367 e. The second kappa shape index (κ2) is 7.84. The number of hydrogen-bond donors (Lipinski definition) is 0. The van der Waals surface area contributed by atoms with Crippen molar-refractivity contribution in [3.8, 4) is 0 Å². The maximum atomic E-state index is 12.8. The Morgan fingerprint density at radius 1 is 1.22 bits per heavy atom. The quantitative estimate of drug-likeness (QED) is 0.734. The molecule has 3 heterocycles. The first-order valence-electron chi connectivity index (χ1n) is 9.28. The Kier molecular flexibility index (Phi) is 5.69. The van der Waals surface area contributed by atoms with E-state index in [0.717, 1.165) is 18.8 Å². The van der Waals surface area contributed by atoms with Crippen LogP contribution in [0.5, 0.6) is 0 Å². The van der Waals surface area contributed by atoms with E-state index in [-0.39, 0.29) is 29.4 Å². The predicted octanol–water partition coefficient (Wildman–Crippen LogP) is 0.399. The molecule has 8 nitrogen and oxygen atoms in total. The van der Waals surface area contributed by atoms with Crippen LogP contribution in [0.1, 0.15) is 30.8 Å². The molecule has 0 aliphatic carbocycles. The van der Waals surface area contributed by atoms with Gasteiger partial charge in [-0.05, 0) is 25.5 Å². The summed E-state index contributed by atoms with van der Waals surface area (Å²) in [5.74, 6) is 0.0281. The molecule has 27 heavy (non-hydrogen) atoms. The van der Waals surface area contributed by atoms with Gasteiger partial charge < -0.3 is 14.7 Å². The van der Waals surface area contributed by atoms with E-state index in [1.54, 1.807) is 24.1 Å². The first-order chi connectivity index (χ1) is 12.8. The van der Waals surface area contributed by atoms with Gasteiger partial charge in [-0.2, -0.15) is 0 Å². The summed E-state index contributed by atoms with van der Waals surface area (Å²) in [6, 6.07) is 3.29. The van der Waals surface area contributed by atoms with E-state index in [2.05, 4.69) is 9.88 Å². The predicted molar refractivity (Wildman–Crippen MR) is 102 cm³/mol. The molecule has 0 N–H and O–H groups in total. The Balaban J connectivity index is 1.66. The molecule has 1 aromatic rings. The van der Waals surface area contributed by atoms with Crippen molar-refractivity contribution in [1.82, 2.24) is 14.8 Å². The van der Waals surface area contributed by atoms with E-state index in [0.29, 0.717) is 31.7 Å². The van der Waals surface area contributed by atoms with Crippen molar-refractivity contribution < 1.29 is 18.0 Å². The van der Waals surface area contributed by atoms with E-state index in [9.17, 15) is 18.0 Å². The molecule has 0 bridgehead atoms. The Hall–Kier alpha value is -2.16. The zero-order chi connectivity index (χ0) is 19.6. The Bertz CT molecular complexity index is 801. The second-order valence-corrected chi connectivity index (χ2v) is 9.27. The molecule has 148 valence electrons. The molecule has 0 spiro atoms. The average molecular weight is 394 g/mol. The first kappa shape index (κ1) is 19.6. The number of hydrogen-bond acceptors (Lipinski definition) is 6. The van der Waals surface area contributed by atoms with E-state index in [1.807, 2.05) is 17.9 Å². The number of aromatic nitrogens is 1. The maximum Gasteiger partial charge on any atom is 0.272 e. The normalized spacial score (nSPS) is 21.9. The van der Waals surface area contributed by atoms with Crippen molar-refractivity contribution in [2.45, 2.75) is 26.3 Å². The van der Waals surface area contributed by atoms with Gasteiger partial charge in [-0.25, -0.2) is 13.4 Å². The lowest BCUT2D eigenvalue weighted by Crippen LogP contribution is -2.48. The SMILES string of the molecule is CCN(C(=O)c1ccc(N2CCN(C(C)=O)CC2)cn1)C1CCS(=O)(=O)C1. The van der Waals surface area contributed by atoms with E-state index in [4.69, 9.17) is 0 Å². The minimum atomic E-state index is -3.05. The largest absolute Gasteiger partial charge is 0.367 e. The molecule has 1 aromatic heterocycles. The molecule has 0 radical (unpaired) electrons. The topological polar surface area (TPSA) is 90.9 Å². The summed E-state index contributed by atoms with van der Waals surface area (Å²) >= 11 is 0. The van der Waals surface area contributed by atoms with Gasteiger partial charge in [-0.3, -0.25) is 9.59 Å². The van der Waals surface area contributed by atoms with Crippen LogP contribution in [0.2, 0.25) is 0 Å². The molecule has 3 rings (SSSR count). The van der Waals surface area contributed by atoms with Crippen molar-refractivity contribution in [1.29, 1.82) is 0 Å². The number of anilines is 1. The number of sulfone groups is 1. The fourth-order valence-corrected chi connectivity index (χ4v) is 5.45. The summed E-state index contributed by atoms with van der Waals surface area (Å²) in [6.45, 7) is 6.70. The van der Waals surface area contributed by atoms with Gasteiger partial charge in [-0.1, -0.05) is 0 Å². The van der Waals surface area contributed by atoms with Gasteiger partial charge in [0.05, 0.1) is 23.4 Å². The van der Waals surface area contributed by atoms with Crippen LogP contribution in [0.15, 0.2) is 18.3 Å². The van der Waals surface area contributed by atoms with Crippen LogP contribution in [0.25, 0.3) is 0 Å². The molecule has 1 atom stereocenters. The highest BCUT2D eigenvalue weighted by Gasteiger charge is 2.34. The van der Waals surface area contributed by atoms with Crippen LogP contribution in [-0.4, -0.2) is 85.3 Å². The van der Waals surface area contributed by atoms with Crippen LogP contribution < -0.4 is 4.90 Å². The summed E-state index contributed by atoms with van der Waals surface area (Å²) in [6.07, 6.45) is 2.16. The Morgan fingerprint density at radius 3 is 2.41 bits per heavy atom. The number of rotatable bonds is 4. The van der Waals surface area contributed by atoms with Gasteiger partial charge >= 0.3 is 0 Å². The van der Waals surface area contributed by atoms with Crippen molar-refractivity contribution >= 4 is 27.3 Å². The smallest absolute Gasteiger partial charge is 0.272 e. The lowest BCUT2D eigenvalue weighted by atomic mass is 10.2. The van der Waals surface area contributed by atoms with E-state index in [1.165, 1.54) is 0 Å². The van der Waals surface area contributed by atoms with Crippen LogP contribution in [-0.2, 0) is 14.6 Å². The van der Waals surface area contributed by atoms with Crippen molar-refractivity contribution in [3.05, 3.63) is 24.0 Å². The van der Waals surface area contributed by atoms with Crippen LogP contribution >= 0.6 is 0 Å². The molecular formula is C18H26N4O4S. The second-order valence-electron chi connectivity index (χ2n) is 7.04. The van der Waals surface area contributed by atoms with Crippen LogP contribution in [0, 0.1) is 0 Å². The molecule has 2 fully saturated rings. The fraction of sp³-hybridized carbons (Fsp3) is 0.611. The molecule has 1 unspecified atom stereocenters. The van der Waals surface area contributed by atoms with Gasteiger partial charge in [0.25, 0.3) is 5.91 Å². The number of amides is 2. The molecule has 2 saturated heterocycles. The summed E-state index contributed by atoms with van der Waals surface area (Å²) in [7, 11) is -3.05. The van der Waals surface area contributed by atoms with Gasteiger partial charge in [0.2, 0.25) is 5.91 Å². The standard InChI is InChI=1S/C18H26N4O4S/c1-3-22(16-6-11-27(25,26)13-16)18(24)17-5-4-15(12-19-17)21-9-7-20(8-10-21)14(2)23/h4-5,12,16H,3,6-11,13H2,1-2H3. The number of nitrogens with zero attached hydrogens (tertiary/aromatic N) is 4. The van der Waals surface area contributed by atoms with Gasteiger partial charge in [0, 0.05) is 45.7 Å². The average Bonchev–Trinajstić information content (AvgIpc) is 3.02. The van der Waals surface area contributed by atoms with E-state index >= 15 is 0 Å². The third kappa shape index (κ3) is 4.40. The zero-order valence-corrected chi connectivity index (χ0v) is 16.6. The Morgan fingerprint density at radius 2 is 1.93 bits per heavy atom. The highest BCUT2D eigenvalue weighted by Crippen LogP contribution is 2.21.